The van der Waals surface area contributed by atoms with Crippen LogP contribution in [0.3, 0.4) is 0 Å². The normalized spacial score (nSPS) is 13.6. The third kappa shape index (κ3) is 36.7. The Morgan fingerprint density at radius 1 is 0.592 bits per heavy atom. The maximum Gasteiger partial charge on any atom is 0.306 e. The minimum absolute atomic E-state index is 0.123. The first-order valence-corrected chi connectivity index (χ1v) is 19.8. The average Bonchev–Trinajstić information content (AvgIpc) is 3.08. The molecule has 0 saturated heterocycles. The molecule has 0 spiro atoms. The fourth-order valence-electron chi connectivity index (χ4n) is 5.35. The van der Waals surface area contributed by atoms with Gasteiger partial charge in [-0.3, -0.25) is 9.59 Å². The first-order chi connectivity index (χ1) is 23.9. The van der Waals surface area contributed by atoms with Gasteiger partial charge in [0.25, 0.3) is 0 Å². The minimum atomic E-state index is -0.867. The van der Waals surface area contributed by atoms with Gasteiger partial charge in [0.05, 0.1) is 12.7 Å². The van der Waals surface area contributed by atoms with E-state index in [-0.39, 0.29) is 19.0 Å². The number of ether oxygens (including phenoxy) is 2. The van der Waals surface area contributed by atoms with E-state index in [0.29, 0.717) is 19.3 Å². The summed E-state index contributed by atoms with van der Waals surface area (Å²) >= 11 is 0. The third-order valence-electron chi connectivity index (χ3n) is 8.36. The van der Waals surface area contributed by atoms with Crippen molar-refractivity contribution >= 4 is 11.9 Å². The first kappa shape index (κ1) is 46.6. The largest absolute Gasteiger partial charge is 0.462 e. The Morgan fingerprint density at radius 3 is 1.61 bits per heavy atom. The van der Waals surface area contributed by atoms with Crippen molar-refractivity contribution in [1.29, 1.82) is 0 Å². The molecule has 0 aromatic carbocycles. The second-order valence-corrected chi connectivity index (χ2v) is 13.7. The van der Waals surface area contributed by atoms with E-state index in [1.165, 1.54) is 77.0 Å². The summed E-state index contributed by atoms with van der Waals surface area (Å²) in [7, 11) is 0. The Bertz CT molecular complexity index is 900. The second kappa shape index (κ2) is 36.8. The van der Waals surface area contributed by atoms with Gasteiger partial charge >= 0.3 is 11.9 Å². The standard InChI is InChI=1S/C43H74O6/c1-4-5-6-7-8-9-10-13-17-20-23-26-29-33-40(45)34-31-36-43(47)49-41(37-44)38-48-42(46)35-30-27-24-21-18-15-12-11-14-16-19-22-25-28-32-39(2)3/h5-6,8-9,13,17,23,26,29,33,39-41,44-45H,4,7,10-12,14-16,18-22,24-25,27-28,30-32,34-38H2,1-3H3/b6-5-,9-8-,17-13-,26-23-,33-29+/t40?,41-/m0/s1. The minimum Gasteiger partial charge on any atom is -0.462 e. The van der Waals surface area contributed by atoms with Gasteiger partial charge in [0.15, 0.2) is 6.10 Å². The van der Waals surface area contributed by atoms with Crippen LogP contribution in [0.15, 0.2) is 60.8 Å². The van der Waals surface area contributed by atoms with Gasteiger partial charge in [-0.15, -0.1) is 0 Å². The molecule has 0 aliphatic rings. The van der Waals surface area contributed by atoms with Crippen LogP contribution >= 0.6 is 0 Å². The summed E-state index contributed by atoms with van der Waals surface area (Å²) in [4.78, 5) is 24.3. The highest BCUT2D eigenvalue weighted by molar-refractivity contribution is 5.70. The Hall–Kier alpha value is -2.44. The summed E-state index contributed by atoms with van der Waals surface area (Å²) in [6, 6.07) is 0. The van der Waals surface area contributed by atoms with Crippen molar-refractivity contribution < 1.29 is 29.3 Å². The number of carbonyl (C=O) groups excluding carboxylic acids is 2. The SMILES string of the molecule is CC/C=C\C/C=C\C/C=C\C/C=C\C=C\C(O)CCCC(=O)O[C@@H](CO)COC(=O)CCCCCCCCCCCCCCCCC(C)C. The molecular weight excluding hydrogens is 612 g/mol. The van der Waals surface area contributed by atoms with Gasteiger partial charge in [-0.1, -0.05) is 171 Å². The molecule has 0 aromatic heterocycles. The number of rotatable bonds is 34. The van der Waals surface area contributed by atoms with Crippen molar-refractivity contribution in [1.82, 2.24) is 0 Å². The van der Waals surface area contributed by atoms with Crippen molar-refractivity contribution in [3.63, 3.8) is 0 Å². The van der Waals surface area contributed by atoms with Crippen molar-refractivity contribution in [2.75, 3.05) is 13.2 Å². The average molecular weight is 687 g/mol. The molecule has 282 valence electrons. The summed E-state index contributed by atoms with van der Waals surface area (Å²) < 4.78 is 10.5. The van der Waals surface area contributed by atoms with Gasteiger partial charge in [-0.05, 0) is 50.9 Å². The summed E-state index contributed by atoms with van der Waals surface area (Å²) in [6.07, 6.45) is 43.1. The predicted octanol–water partition coefficient (Wildman–Crippen LogP) is 11.2. The monoisotopic (exact) mass is 687 g/mol. The topological polar surface area (TPSA) is 93.1 Å². The molecule has 1 unspecified atom stereocenters. The van der Waals surface area contributed by atoms with Crippen LogP contribution in [-0.4, -0.2) is 47.6 Å². The van der Waals surface area contributed by atoms with Crippen LogP contribution in [0.1, 0.15) is 168 Å². The molecule has 0 aliphatic heterocycles. The number of esters is 2. The van der Waals surface area contributed by atoms with E-state index in [4.69, 9.17) is 9.47 Å². The van der Waals surface area contributed by atoms with Gasteiger partial charge in [0.2, 0.25) is 0 Å². The number of hydrogen-bond donors (Lipinski definition) is 2. The molecule has 0 bridgehead atoms. The van der Waals surface area contributed by atoms with Crippen LogP contribution in [0.4, 0.5) is 0 Å². The fraction of sp³-hybridized carbons (Fsp3) is 0.721. The summed E-state index contributed by atoms with van der Waals surface area (Å²) in [5, 5.41) is 19.7. The van der Waals surface area contributed by atoms with Gasteiger partial charge < -0.3 is 19.7 Å². The van der Waals surface area contributed by atoms with Crippen LogP contribution in [0.25, 0.3) is 0 Å². The molecule has 0 saturated carbocycles. The zero-order chi connectivity index (χ0) is 36.0. The number of allylic oxidation sites excluding steroid dienone is 9. The van der Waals surface area contributed by atoms with Crippen molar-refractivity contribution in [2.24, 2.45) is 5.92 Å². The molecule has 49 heavy (non-hydrogen) atoms. The van der Waals surface area contributed by atoms with E-state index in [9.17, 15) is 19.8 Å². The van der Waals surface area contributed by atoms with Gasteiger partial charge in [0.1, 0.15) is 6.61 Å². The highest BCUT2D eigenvalue weighted by Gasteiger charge is 2.16. The molecule has 2 atom stereocenters. The van der Waals surface area contributed by atoms with E-state index in [0.717, 1.165) is 50.9 Å². The van der Waals surface area contributed by atoms with Crippen LogP contribution in [-0.2, 0) is 19.1 Å². The Morgan fingerprint density at radius 2 is 1.08 bits per heavy atom. The maximum atomic E-state index is 12.2. The number of aliphatic hydroxyl groups is 2. The van der Waals surface area contributed by atoms with Crippen molar-refractivity contribution in [3.05, 3.63) is 60.8 Å². The highest BCUT2D eigenvalue weighted by atomic mass is 16.6. The van der Waals surface area contributed by atoms with Crippen molar-refractivity contribution in [3.8, 4) is 0 Å². The van der Waals surface area contributed by atoms with E-state index < -0.39 is 24.8 Å². The number of aliphatic hydroxyl groups excluding tert-OH is 2. The molecule has 6 nitrogen and oxygen atoms in total. The van der Waals surface area contributed by atoms with E-state index in [1.807, 2.05) is 18.2 Å². The molecule has 0 radical (unpaired) electrons. The lowest BCUT2D eigenvalue weighted by Gasteiger charge is -2.16. The summed E-state index contributed by atoms with van der Waals surface area (Å²) in [5.74, 6) is 0.0450. The molecular formula is C43H74O6. The Labute approximate surface area is 301 Å². The Kier molecular flexibility index (Phi) is 35.0. The number of hydrogen-bond acceptors (Lipinski definition) is 6. The summed E-state index contributed by atoms with van der Waals surface area (Å²) in [5.41, 5.74) is 0. The predicted molar refractivity (Wildman–Crippen MR) is 206 cm³/mol. The van der Waals surface area contributed by atoms with Gasteiger partial charge in [-0.2, -0.15) is 0 Å². The van der Waals surface area contributed by atoms with Crippen LogP contribution < -0.4 is 0 Å². The van der Waals surface area contributed by atoms with Gasteiger partial charge in [-0.25, -0.2) is 0 Å². The smallest absolute Gasteiger partial charge is 0.306 e. The fourth-order valence-corrected chi connectivity index (χ4v) is 5.35. The quantitative estimate of drug-likeness (QED) is 0.0303. The number of carbonyl (C=O) groups is 2. The van der Waals surface area contributed by atoms with Crippen LogP contribution in [0.2, 0.25) is 0 Å². The molecule has 0 aliphatic carbocycles. The molecule has 0 fully saturated rings. The molecule has 6 heteroatoms. The van der Waals surface area contributed by atoms with E-state index in [1.54, 1.807) is 6.08 Å². The van der Waals surface area contributed by atoms with Crippen molar-refractivity contribution in [2.45, 2.75) is 181 Å². The number of unbranched alkanes of at least 4 members (excludes halogenated alkanes) is 13. The van der Waals surface area contributed by atoms with Gasteiger partial charge in [0, 0.05) is 12.8 Å². The first-order valence-electron chi connectivity index (χ1n) is 19.8. The molecule has 2 N–H and O–H groups in total. The molecule has 0 amide bonds. The zero-order valence-corrected chi connectivity index (χ0v) is 31.7. The molecule has 0 heterocycles. The highest BCUT2D eigenvalue weighted by Crippen LogP contribution is 2.15. The van der Waals surface area contributed by atoms with E-state index in [2.05, 4.69) is 57.2 Å². The lowest BCUT2D eigenvalue weighted by atomic mass is 10.0. The second-order valence-electron chi connectivity index (χ2n) is 13.7. The van der Waals surface area contributed by atoms with E-state index >= 15 is 0 Å². The Balaban J connectivity index is 3.75. The molecule has 0 aromatic rings. The third-order valence-corrected chi connectivity index (χ3v) is 8.36. The summed E-state index contributed by atoms with van der Waals surface area (Å²) in [6.45, 7) is 6.20. The lowest BCUT2D eigenvalue weighted by molar-refractivity contribution is -0.161. The van der Waals surface area contributed by atoms with Crippen LogP contribution in [0.5, 0.6) is 0 Å². The molecule has 0 rings (SSSR count). The van der Waals surface area contributed by atoms with Crippen LogP contribution in [0, 0.1) is 5.92 Å². The lowest BCUT2D eigenvalue weighted by Crippen LogP contribution is -2.28. The maximum absolute atomic E-state index is 12.2. The zero-order valence-electron chi connectivity index (χ0n) is 31.7.